The number of ketones is 1. The van der Waals surface area contributed by atoms with Crippen molar-refractivity contribution in [3.05, 3.63) is 357 Å². The highest BCUT2D eigenvalue weighted by molar-refractivity contribution is 6.36. The molecule has 0 spiro atoms. The van der Waals surface area contributed by atoms with E-state index in [1.807, 2.05) is 170 Å². The Bertz CT molecular complexity index is 4490. The number of anilines is 4. The number of imide groups is 4. The Morgan fingerprint density at radius 2 is 0.500 bits per heavy atom. The molecule has 2 saturated heterocycles. The summed E-state index contributed by atoms with van der Waals surface area (Å²) in [5.41, 5.74) is 9.79. The van der Waals surface area contributed by atoms with E-state index in [-0.39, 0.29) is 80.7 Å². The molecule has 4 heterocycles. The third-order valence-corrected chi connectivity index (χ3v) is 20.0. The van der Waals surface area contributed by atoms with Gasteiger partial charge < -0.3 is 0 Å². The summed E-state index contributed by atoms with van der Waals surface area (Å²) in [4.78, 5) is 133. The van der Waals surface area contributed by atoms with Gasteiger partial charge in [0.1, 0.15) is 0 Å². The Labute approximate surface area is 552 Å². The van der Waals surface area contributed by atoms with Gasteiger partial charge in [0.2, 0.25) is 23.6 Å². The molecule has 13 nitrogen and oxygen atoms in total. The normalized spacial score (nSPS) is 21.7. The van der Waals surface area contributed by atoms with Crippen LogP contribution in [0.25, 0.3) is 0 Å². The first-order valence-corrected chi connectivity index (χ1v) is 32.1. The summed E-state index contributed by atoms with van der Waals surface area (Å²) < 4.78 is 0. The number of rotatable bonds is 14. The van der Waals surface area contributed by atoms with Gasteiger partial charge in [-0.15, -0.1) is 0 Å². The minimum absolute atomic E-state index is 0.0471. The van der Waals surface area contributed by atoms with E-state index < -0.39 is 53.1 Å². The average molecular weight is 1260 g/mol. The zero-order valence-electron chi connectivity index (χ0n) is 51.6. The van der Waals surface area contributed by atoms with E-state index in [1.165, 1.54) is 46.2 Å². The van der Waals surface area contributed by atoms with Crippen LogP contribution in [0.1, 0.15) is 126 Å². The molecule has 10 aromatic carbocycles. The van der Waals surface area contributed by atoms with Crippen molar-refractivity contribution in [1.29, 1.82) is 0 Å². The first-order chi connectivity index (χ1) is 46.9. The second-order valence-electron chi connectivity index (χ2n) is 25.4. The molecule has 0 N–H and O–H groups in total. The molecule has 13 heteroatoms. The Hall–Kier alpha value is -12.1. The van der Waals surface area contributed by atoms with Crippen LogP contribution in [-0.4, -0.2) is 53.0 Å². The largest absolute Gasteiger partial charge is 0.289 e. The molecule has 0 saturated carbocycles. The van der Waals surface area contributed by atoms with E-state index in [9.17, 15) is 43.2 Å². The Morgan fingerprint density at radius 1 is 0.260 bits per heavy atom. The van der Waals surface area contributed by atoms with Crippen molar-refractivity contribution >= 4 is 75.8 Å². The number of nitrogens with zero attached hydrogens (tertiary/aromatic N) is 4. The maximum atomic E-state index is 14.5. The molecule has 16 rings (SSSR count). The van der Waals surface area contributed by atoms with Crippen LogP contribution in [0.5, 0.6) is 0 Å². The van der Waals surface area contributed by atoms with Gasteiger partial charge in [0.25, 0.3) is 23.6 Å². The lowest BCUT2D eigenvalue weighted by atomic mass is 9.68. The van der Waals surface area contributed by atoms with Crippen molar-refractivity contribution in [2.45, 2.75) is 36.5 Å². The summed E-state index contributed by atoms with van der Waals surface area (Å²) >= 11 is 0. The highest BCUT2D eigenvalue weighted by Crippen LogP contribution is 2.52. The van der Waals surface area contributed by atoms with Gasteiger partial charge in [-0.3, -0.25) is 43.2 Å². The molecular formula is C83H58N4O9. The van der Waals surface area contributed by atoms with Crippen molar-refractivity contribution in [2.75, 3.05) is 19.6 Å². The van der Waals surface area contributed by atoms with Crippen LogP contribution in [0.3, 0.4) is 0 Å². The van der Waals surface area contributed by atoms with Crippen molar-refractivity contribution in [3.63, 3.8) is 0 Å². The van der Waals surface area contributed by atoms with E-state index in [4.69, 9.17) is 0 Å². The number of carbonyl (C=O) groups excluding carboxylic acids is 9. The summed E-state index contributed by atoms with van der Waals surface area (Å²) in [5.74, 6) is -7.02. The summed E-state index contributed by atoms with van der Waals surface area (Å²) in [6.45, 7) is 0. The third kappa shape index (κ3) is 9.97. The SMILES string of the molecule is O=C(c1ccc2c(c1)C(=O)N(c1ccc(Cc3ccc(N4C(=O)C5C(c6ccccc6)C=CC(c6ccccc6)C5C4=O)cc3)cc1)C2=O)c1ccc2c(c1)C(=O)N(c1ccc(Cc3ccc(N4C(=O)C5C(c6ccccc6)C=CC(c6ccccc6)C5C4=O)cc3)cc1)C2=O. The Morgan fingerprint density at radius 3 is 0.760 bits per heavy atom. The maximum Gasteiger partial charge on any atom is 0.266 e. The van der Waals surface area contributed by atoms with Crippen LogP contribution < -0.4 is 19.6 Å². The van der Waals surface area contributed by atoms with E-state index in [2.05, 4.69) is 24.3 Å². The second kappa shape index (κ2) is 23.8. The lowest BCUT2D eigenvalue weighted by Gasteiger charge is -2.32. The quantitative estimate of drug-likeness (QED) is 0.0585. The number of hydrogen-bond donors (Lipinski definition) is 0. The minimum atomic E-state index is -0.604. The third-order valence-electron chi connectivity index (χ3n) is 20.0. The molecule has 464 valence electrons. The smallest absolute Gasteiger partial charge is 0.266 e. The monoisotopic (exact) mass is 1250 g/mol. The molecule has 4 aliphatic heterocycles. The maximum absolute atomic E-state index is 14.5. The van der Waals surface area contributed by atoms with Gasteiger partial charge >= 0.3 is 0 Å². The van der Waals surface area contributed by atoms with Crippen molar-refractivity contribution in [3.8, 4) is 0 Å². The molecule has 96 heavy (non-hydrogen) atoms. The molecule has 8 amide bonds. The Kier molecular flexibility index (Phi) is 14.6. The van der Waals surface area contributed by atoms with Crippen LogP contribution >= 0.6 is 0 Å². The number of fused-ring (bicyclic) bond motifs is 4. The molecule has 8 atom stereocenters. The predicted molar refractivity (Wildman–Crippen MR) is 364 cm³/mol. The van der Waals surface area contributed by atoms with Crippen LogP contribution in [0.4, 0.5) is 22.7 Å². The van der Waals surface area contributed by atoms with Gasteiger partial charge in [0.15, 0.2) is 5.78 Å². The van der Waals surface area contributed by atoms with E-state index in [1.54, 1.807) is 48.5 Å². The van der Waals surface area contributed by atoms with Crippen molar-refractivity contribution in [2.24, 2.45) is 23.7 Å². The van der Waals surface area contributed by atoms with Gasteiger partial charge in [-0.1, -0.05) is 206 Å². The van der Waals surface area contributed by atoms with E-state index in [0.717, 1.165) is 54.3 Å². The zero-order chi connectivity index (χ0) is 65.5. The van der Waals surface area contributed by atoms with E-state index >= 15 is 0 Å². The molecule has 2 aliphatic carbocycles. The van der Waals surface area contributed by atoms with Crippen molar-refractivity contribution < 1.29 is 43.2 Å². The number of hydrogen-bond acceptors (Lipinski definition) is 9. The standard InChI is InChI=1S/C83H58N4O9/c88-75(57-29-39-67-69(47-57)78(91)84(76(67)89)59-31-21-49(22-32-59)45-51-25-35-61(36-26-51)86-80(93)71-63(53-13-5-1-6-14-53)41-42-64(72(71)81(86)94)54-15-7-2-8-16-54)58-30-40-68-70(48-58)79(92)85(77(68)90)60-33-23-50(24-34-60)46-52-27-37-62(38-28-52)87-82(95)73-65(55-17-9-3-10-18-55)43-44-66(74(73)83(87)96)56-19-11-4-12-20-56/h1-44,47-48,63-66,71-74H,45-46H2. The van der Waals surface area contributed by atoms with Crippen molar-refractivity contribution in [1.82, 2.24) is 0 Å². The summed E-state index contributed by atoms with van der Waals surface area (Å²) in [5, 5.41) is 0. The highest BCUT2D eigenvalue weighted by atomic mass is 16.2. The molecule has 0 bridgehead atoms. The molecule has 2 fully saturated rings. The molecule has 6 aliphatic rings. The molecular weight excluding hydrogens is 1200 g/mol. The lowest BCUT2D eigenvalue weighted by Crippen LogP contribution is -2.31. The number of allylic oxidation sites excluding steroid dienone is 4. The predicted octanol–water partition coefficient (Wildman–Crippen LogP) is 14.2. The lowest BCUT2D eigenvalue weighted by molar-refractivity contribution is -0.124. The summed E-state index contributed by atoms with van der Waals surface area (Å²) in [7, 11) is 0. The van der Waals surface area contributed by atoms with Gasteiger partial charge in [-0.2, -0.15) is 0 Å². The van der Waals surface area contributed by atoms with Crippen LogP contribution in [0, 0.1) is 23.7 Å². The molecule has 0 aromatic heterocycles. The number of carbonyl (C=O) groups is 9. The van der Waals surface area contributed by atoms with E-state index in [0.29, 0.717) is 35.6 Å². The van der Waals surface area contributed by atoms with Gasteiger partial charge in [-0.25, -0.2) is 19.6 Å². The minimum Gasteiger partial charge on any atom is -0.289 e. The summed E-state index contributed by atoms with van der Waals surface area (Å²) in [6, 6.07) is 76.8. The molecule has 0 radical (unpaired) electrons. The second-order valence-corrected chi connectivity index (χ2v) is 25.4. The highest BCUT2D eigenvalue weighted by Gasteiger charge is 2.57. The van der Waals surface area contributed by atoms with Crippen LogP contribution in [0.2, 0.25) is 0 Å². The molecule has 8 unspecified atom stereocenters. The van der Waals surface area contributed by atoms with Crippen LogP contribution in [-0.2, 0) is 32.0 Å². The van der Waals surface area contributed by atoms with Gasteiger partial charge in [0, 0.05) is 34.8 Å². The fraction of sp³-hybridized carbons (Fsp3) is 0.120. The zero-order valence-corrected chi connectivity index (χ0v) is 51.6. The van der Waals surface area contributed by atoms with Crippen LogP contribution in [0.15, 0.2) is 279 Å². The fourth-order valence-electron chi connectivity index (χ4n) is 15.3. The first kappa shape index (κ1) is 59.0. The van der Waals surface area contributed by atoms with Gasteiger partial charge in [0.05, 0.1) is 68.7 Å². The average Bonchev–Trinajstić information content (AvgIpc) is 1.59. The first-order valence-electron chi connectivity index (χ1n) is 32.1. The fourth-order valence-corrected chi connectivity index (χ4v) is 15.3. The Balaban J connectivity index is 0.558. The molecule has 10 aromatic rings. The topological polar surface area (TPSA) is 167 Å². The summed E-state index contributed by atoms with van der Waals surface area (Å²) in [6.07, 6.45) is 9.27. The number of benzene rings is 10. The number of amides is 8. The van der Waals surface area contributed by atoms with Gasteiger partial charge in [-0.05, 0) is 130 Å².